The van der Waals surface area contributed by atoms with Crippen LogP contribution in [0.1, 0.15) is 27.7 Å². The van der Waals surface area contributed by atoms with Crippen LogP contribution >= 0.6 is 0 Å². The van der Waals surface area contributed by atoms with Crippen molar-refractivity contribution in [3.05, 3.63) is 12.2 Å². The molecule has 0 N–H and O–H groups in total. The minimum absolute atomic E-state index is 0.497. The fraction of sp³-hybridized carbons (Fsp3) is 0.857. The predicted molar refractivity (Wildman–Crippen MR) is 83.9 cm³/mol. The van der Waals surface area contributed by atoms with Crippen molar-refractivity contribution >= 4 is 16.1 Å². The highest BCUT2D eigenvalue weighted by Crippen LogP contribution is 2.47. The summed E-state index contributed by atoms with van der Waals surface area (Å²) in [6, 6.07) is 1.45. The van der Waals surface area contributed by atoms with Gasteiger partial charge >= 0.3 is 0 Å². The maximum Gasteiger partial charge on any atom is 0.0593 e. The second kappa shape index (κ2) is 5.22. The first-order chi connectivity index (χ1) is 6.92. The lowest BCUT2D eigenvalue weighted by Gasteiger charge is -2.44. The third kappa shape index (κ3) is 4.58. The molecule has 0 nitrogen and oxygen atoms in total. The molecule has 0 aliphatic heterocycles. The molecular weight excluding hydrogens is 224 g/mol. The van der Waals surface area contributed by atoms with Gasteiger partial charge in [0.1, 0.15) is 0 Å². The predicted octanol–water partition coefficient (Wildman–Crippen LogP) is 5.78. The SMILES string of the molecule is C/C=C\[C@@H](C[Si](C)(C)C)[Si](C)(C)C(C)(C)C. The summed E-state index contributed by atoms with van der Waals surface area (Å²) < 4.78 is 0. The van der Waals surface area contributed by atoms with Crippen molar-refractivity contribution in [2.45, 2.75) is 77.1 Å². The van der Waals surface area contributed by atoms with E-state index >= 15 is 0 Å². The quantitative estimate of drug-likeness (QED) is 0.442. The van der Waals surface area contributed by atoms with Gasteiger partial charge in [0.05, 0.1) is 8.07 Å². The van der Waals surface area contributed by atoms with Gasteiger partial charge in [-0.2, -0.15) is 0 Å². The van der Waals surface area contributed by atoms with Crippen LogP contribution in [0.15, 0.2) is 12.2 Å². The lowest BCUT2D eigenvalue weighted by atomic mass is 10.2. The van der Waals surface area contributed by atoms with Gasteiger partial charge in [-0.25, -0.2) is 0 Å². The van der Waals surface area contributed by atoms with E-state index in [9.17, 15) is 0 Å². The molecule has 16 heavy (non-hydrogen) atoms. The van der Waals surface area contributed by atoms with Gasteiger partial charge < -0.3 is 0 Å². The van der Waals surface area contributed by atoms with Gasteiger partial charge in [0.2, 0.25) is 0 Å². The summed E-state index contributed by atoms with van der Waals surface area (Å²) in [6.07, 6.45) is 4.76. The van der Waals surface area contributed by atoms with Crippen molar-refractivity contribution in [2.75, 3.05) is 0 Å². The van der Waals surface area contributed by atoms with E-state index in [4.69, 9.17) is 0 Å². The van der Waals surface area contributed by atoms with Gasteiger partial charge in [-0.15, -0.1) is 0 Å². The Bertz CT molecular complexity index is 238. The van der Waals surface area contributed by atoms with Crippen LogP contribution in [-0.2, 0) is 0 Å². The highest BCUT2D eigenvalue weighted by atomic mass is 28.3. The first-order valence-electron chi connectivity index (χ1n) is 6.54. The summed E-state index contributed by atoms with van der Waals surface area (Å²) in [4.78, 5) is 0. The lowest BCUT2D eigenvalue weighted by Crippen LogP contribution is -2.43. The molecule has 0 spiro atoms. The van der Waals surface area contributed by atoms with Gasteiger partial charge in [0, 0.05) is 8.07 Å². The molecular formula is C14H32Si2. The van der Waals surface area contributed by atoms with Gasteiger partial charge in [0.15, 0.2) is 0 Å². The molecule has 0 aromatic heterocycles. The zero-order valence-electron chi connectivity index (χ0n) is 12.9. The largest absolute Gasteiger partial charge is 0.0917 e. The van der Waals surface area contributed by atoms with Gasteiger partial charge in [-0.1, -0.05) is 71.7 Å². The Balaban J connectivity index is 5.07. The third-order valence-corrected chi connectivity index (χ3v) is 12.3. The molecule has 0 aromatic rings. The molecule has 0 aliphatic rings. The molecule has 0 rings (SSSR count). The fourth-order valence-corrected chi connectivity index (χ4v) is 9.13. The first kappa shape index (κ1) is 16.2. The Morgan fingerprint density at radius 2 is 1.44 bits per heavy atom. The molecule has 0 saturated heterocycles. The average molecular weight is 257 g/mol. The van der Waals surface area contributed by atoms with Crippen molar-refractivity contribution in [1.82, 2.24) is 0 Å². The number of allylic oxidation sites excluding steroid dienone is 2. The van der Waals surface area contributed by atoms with Crippen LogP contribution in [-0.4, -0.2) is 16.1 Å². The smallest absolute Gasteiger partial charge is 0.0593 e. The highest BCUT2D eigenvalue weighted by Gasteiger charge is 2.42. The molecule has 0 amide bonds. The summed E-state index contributed by atoms with van der Waals surface area (Å²) in [6.45, 7) is 22.1. The second-order valence-corrected chi connectivity index (χ2v) is 19.1. The standard InChI is InChI=1S/C14H32Si2/c1-10-11-13(12-15(5,6)7)16(8,9)14(2,3)4/h10-11,13H,12H2,1-9H3/b11-10-/t13-/m0/s1. The Kier molecular flexibility index (Phi) is 5.27. The van der Waals surface area contributed by atoms with Crippen molar-refractivity contribution in [3.63, 3.8) is 0 Å². The van der Waals surface area contributed by atoms with Gasteiger partial charge in [-0.05, 0) is 17.5 Å². The molecule has 0 aromatic carbocycles. The van der Waals surface area contributed by atoms with E-state index < -0.39 is 16.1 Å². The van der Waals surface area contributed by atoms with Crippen LogP contribution in [0.2, 0.25) is 49.4 Å². The molecule has 0 bridgehead atoms. The van der Waals surface area contributed by atoms with E-state index in [-0.39, 0.29) is 0 Å². The number of rotatable bonds is 4. The Morgan fingerprint density at radius 3 is 1.69 bits per heavy atom. The zero-order chi connectivity index (χ0) is 13.2. The summed E-state index contributed by atoms with van der Waals surface area (Å²) in [5.41, 5.74) is 0.851. The Hall–Kier alpha value is 0.174. The van der Waals surface area contributed by atoms with E-state index in [1.807, 2.05) is 0 Å². The normalized spacial score (nSPS) is 16.8. The van der Waals surface area contributed by atoms with Crippen LogP contribution in [0.4, 0.5) is 0 Å². The van der Waals surface area contributed by atoms with Crippen molar-refractivity contribution in [3.8, 4) is 0 Å². The summed E-state index contributed by atoms with van der Waals surface area (Å²) >= 11 is 0. The van der Waals surface area contributed by atoms with E-state index in [2.05, 4.69) is 72.6 Å². The Morgan fingerprint density at radius 1 is 1.00 bits per heavy atom. The van der Waals surface area contributed by atoms with Crippen LogP contribution in [0, 0.1) is 0 Å². The number of hydrogen-bond donors (Lipinski definition) is 0. The van der Waals surface area contributed by atoms with Crippen LogP contribution < -0.4 is 0 Å². The molecule has 0 unspecified atom stereocenters. The molecule has 0 aliphatic carbocycles. The molecule has 0 heterocycles. The first-order valence-corrected chi connectivity index (χ1v) is 13.3. The molecule has 0 fully saturated rings. The lowest BCUT2D eigenvalue weighted by molar-refractivity contribution is 0.703. The summed E-state index contributed by atoms with van der Waals surface area (Å²) in [5, 5.41) is 0.497. The average Bonchev–Trinajstić information content (AvgIpc) is 1.98. The van der Waals surface area contributed by atoms with Crippen LogP contribution in [0.5, 0.6) is 0 Å². The maximum atomic E-state index is 2.57. The maximum absolute atomic E-state index is 2.57. The van der Waals surface area contributed by atoms with Crippen molar-refractivity contribution in [1.29, 1.82) is 0 Å². The number of hydrogen-bond acceptors (Lipinski definition) is 0. The van der Waals surface area contributed by atoms with Crippen molar-refractivity contribution < 1.29 is 0 Å². The summed E-state index contributed by atoms with van der Waals surface area (Å²) in [5.74, 6) is 0. The molecule has 0 saturated carbocycles. The molecule has 2 heteroatoms. The molecule has 0 radical (unpaired) electrons. The van der Waals surface area contributed by atoms with Crippen LogP contribution in [0.3, 0.4) is 0 Å². The van der Waals surface area contributed by atoms with E-state index in [0.29, 0.717) is 5.04 Å². The van der Waals surface area contributed by atoms with E-state index in [1.54, 1.807) is 0 Å². The van der Waals surface area contributed by atoms with E-state index in [0.717, 1.165) is 5.54 Å². The summed E-state index contributed by atoms with van der Waals surface area (Å²) in [7, 11) is -2.18. The Labute approximate surface area is 106 Å². The van der Waals surface area contributed by atoms with E-state index in [1.165, 1.54) is 6.04 Å². The highest BCUT2D eigenvalue weighted by molar-refractivity contribution is 6.85. The molecule has 96 valence electrons. The molecule has 1 atom stereocenters. The van der Waals surface area contributed by atoms with Gasteiger partial charge in [-0.3, -0.25) is 0 Å². The van der Waals surface area contributed by atoms with Crippen molar-refractivity contribution in [2.24, 2.45) is 0 Å². The third-order valence-electron chi connectivity index (χ3n) is 4.12. The van der Waals surface area contributed by atoms with Crippen LogP contribution in [0.25, 0.3) is 0 Å². The zero-order valence-corrected chi connectivity index (χ0v) is 14.9. The second-order valence-electron chi connectivity index (χ2n) is 7.87. The monoisotopic (exact) mass is 256 g/mol. The minimum atomic E-state index is -1.22. The van der Waals surface area contributed by atoms with Gasteiger partial charge in [0.25, 0.3) is 0 Å². The fourth-order valence-electron chi connectivity index (χ4n) is 2.01. The topological polar surface area (TPSA) is 0 Å². The minimum Gasteiger partial charge on any atom is -0.0917 e.